The molecule has 4 heteroatoms. The molecule has 0 spiro atoms. The summed E-state index contributed by atoms with van der Waals surface area (Å²) in [6, 6.07) is 0. The highest BCUT2D eigenvalue weighted by atomic mass is 16.6. The minimum absolute atomic E-state index is 0.595. The van der Waals surface area contributed by atoms with Crippen LogP contribution in [-0.2, 0) is 14.3 Å². The van der Waals surface area contributed by atoms with Gasteiger partial charge in [-0.1, -0.05) is 0 Å². The van der Waals surface area contributed by atoms with Gasteiger partial charge in [0.2, 0.25) is 6.10 Å². The summed E-state index contributed by atoms with van der Waals surface area (Å²) in [4.78, 5) is 20.2. The number of aliphatic carboxylic acids is 1. The maximum Gasteiger partial charge on any atom is 0.349 e. The molecule has 1 N–H and O–H groups in total. The van der Waals surface area contributed by atoms with Gasteiger partial charge in [0, 0.05) is 6.08 Å². The Hall–Kier alpha value is -1.32. The highest BCUT2D eigenvalue weighted by Gasteiger charge is 2.22. The normalized spacial score (nSPS) is 24.0. The molecule has 0 aliphatic carbocycles. The van der Waals surface area contributed by atoms with Gasteiger partial charge in [-0.25, -0.2) is 9.59 Å². The second-order valence-electron chi connectivity index (χ2n) is 1.55. The van der Waals surface area contributed by atoms with Crippen LogP contribution in [0.3, 0.4) is 0 Å². The molecule has 0 radical (unpaired) electrons. The van der Waals surface area contributed by atoms with Crippen LogP contribution >= 0.6 is 0 Å². The molecule has 1 aliphatic heterocycles. The van der Waals surface area contributed by atoms with Gasteiger partial charge in [0.1, 0.15) is 0 Å². The third kappa shape index (κ3) is 1.07. The Balaban J connectivity index is 2.60. The van der Waals surface area contributed by atoms with Gasteiger partial charge < -0.3 is 9.84 Å². The summed E-state index contributed by atoms with van der Waals surface area (Å²) in [5.74, 6) is -1.74. The molecule has 0 aromatic heterocycles. The molecule has 48 valence electrons. The van der Waals surface area contributed by atoms with Crippen molar-refractivity contribution in [3.05, 3.63) is 12.2 Å². The number of carboxylic acids is 1. The highest BCUT2D eigenvalue weighted by Crippen LogP contribution is 2.03. The molecule has 0 unspecified atom stereocenters. The Morgan fingerprint density at radius 1 is 1.78 bits per heavy atom. The van der Waals surface area contributed by atoms with Crippen LogP contribution in [0.25, 0.3) is 0 Å². The standard InChI is InChI=1S/C5H4O4/c6-4-2-1-3(9-4)5(7)8/h1-3H,(H,7,8)/t3-/m0/s1. The zero-order chi connectivity index (χ0) is 6.85. The fourth-order valence-corrected chi connectivity index (χ4v) is 0.502. The summed E-state index contributed by atoms with van der Waals surface area (Å²) in [7, 11) is 0. The first kappa shape index (κ1) is 5.81. The van der Waals surface area contributed by atoms with Gasteiger partial charge in [-0.3, -0.25) is 0 Å². The number of carboxylic acid groups (broad SMARTS) is 1. The van der Waals surface area contributed by atoms with E-state index in [1.807, 2.05) is 0 Å². The first-order valence-corrected chi connectivity index (χ1v) is 2.32. The fourth-order valence-electron chi connectivity index (χ4n) is 0.502. The first-order chi connectivity index (χ1) is 4.20. The van der Waals surface area contributed by atoms with E-state index in [2.05, 4.69) is 4.74 Å². The maximum absolute atomic E-state index is 10.2. The number of hydrogen-bond donors (Lipinski definition) is 1. The van der Waals surface area contributed by atoms with Crippen LogP contribution in [0, 0.1) is 0 Å². The van der Waals surface area contributed by atoms with Crippen molar-refractivity contribution in [2.24, 2.45) is 0 Å². The molecule has 0 bridgehead atoms. The van der Waals surface area contributed by atoms with Crippen molar-refractivity contribution in [2.45, 2.75) is 6.10 Å². The number of carbonyl (C=O) groups is 2. The van der Waals surface area contributed by atoms with Crippen LogP contribution in [0.1, 0.15) is 0 Å². The van der Waals surface area contributed by atoms with E-state index in [0.29, 0.717) is 0 Å². The Bertz CT molecular complexity index is 181. The Morgan fingerprint density at radius 3 is 2.67 bits per heavy atom. The summed E-state index contributed by atoms with van der Waals surface area (Å²) in [6.07, 6.45) is 1.22. The van der Waals surface area contributed by atoms with Crippen LogP contribution in [-0.4, -0.2) is 23.1 Å². The lowest BCUT2D eigenvalue weighted by atomic mass is 10.4. The fraction of sp³-hybridized carbons (Fsp3) is 0.200. The summed E-state index contributed by atoms with van der Waals surface area (Å²) in [6.45, 7) is 0. The molecular weight excluding hydrogens is 124 g/mol. The summed E-state index contributed by atoms with van der Waals surface area (Å²) in [5.41, 5.74) is 0. The van der Waals surface area contributed by atoms with Gasteiger partial charge in [-0.2, -0.15) is 0 Å². The van der Waals surface area contributed by atoms with Crippen LogP contribution in [0.2, 0.25) is 0 Å². The smallest absolute Gasteiger partial charge is 0.349 e. The molecule has 0 amide bonds. The largest absolute Gasteiger partial charge is 0.478 e. The molecule has 0 saturated heterocycles. The van der Waals surface area contributed by atoms with Crippen LogP contribution < -0.4 is 0 Å². The third-order valence-corrected chi connectivity index (χ3v) is 0.894. The Morgan fingerprint density at radius 2 is 2.44 bits per heavy atom. The minimum Gasteiger partial charge on any atom is -0.478 e. The maximum atomic E-state index is 10.2. The summed E-state index contributed by atoms with van der Waals surface area (Å²) in [5, 5.41) is 8.20. The average molecular weight is 128 g/mol. The summed E-state index contributed by atoms with van der Waals surface area (Å²) >= 11 is 0. The van der Waals surface area contributed by atoms with E-state index in [-0.39, 0.29) is 0 Å². The number of hydrogen-bond acceptors (Lipinski definition) is 3. The van der Waals surface area contributed by atoms with Crippen LogP contribution in [0.4, 0.5) is 0 Å². The minimum atomic E-state index is -1.14. The van der Waals surface area contributed by atoms with E-state index in [0.717, 1.165) is 6.08 Å². The van der Waals surface area contributed by atoms with Gasteiger partial charge in [0.15, 0.2) is 0 Å². The van der Waals surface area contributed by atoms with Crippen molar-refractivity contribution in [1.82, 2.24) is 0 Å². The predicted octanol–water partition coefficient (Wildman–Crippen LogP) is -0.447. The molecule has 0 aromatic rings. The van der Waals surface area contributed by atoms with E-state index in [1.165, 1.54) is 6.08 Å². The number of rotatable bonds is 1. The number of esters is 1. The van der Waals surface area contributed by atoms with Crippen molar-refractivity contribution >= 4 is 11.9 Å². The highest BCUT2D eigenvalue weighted by molar-refractivity contribution is 5.90. The van der Waals surface area contributed by atoms with Gasteiger partial charge >= 0.3 is 11.9 Å². The molecule has 1 heterocycles. The summed E-state index contributed by atoms with van der Waals surface area (Å²) < 4.78 is 4.27. The van der Waals surface area contributed by atoms with Crippen LogP contribution in [0.5, 0.6) is 0 Å². The van der Waals surface area contributed by atoms with Gasteiger partial charge in [0.05, 0.1) is 0 Å². The zero-order valence-corrected chi connectivity index (χ0v) is 4.40. The lowest BCUT2D eigenvalue weighted by molar-refractivity contribution is -0.155. The molecule has 0 saturated carbocycles. The second-order valence-corrected chi connectivity index (χ2v) is 1.55. The van der Waals surface area contributed by atoms with Crippen molar-refractivity contribution in [1.29, 1.82) is 0 Å². The predicted molar refractivity (Wildman–Crippen MR) is 26.7 cm³/mol. The number of carbonyl (C=O) groups excluding carboxylic acids is 1. The first-order valence-electron chi connectivity index (χ1n) is 2.32. The second kappa shape index (κ2) is 1.89. The Kier molecular flexibility index (Phi) is 1.22. The van der Waals surface area contributed by atoms with Crippen LogP contribution in [0.15, 0.2) is 12.2 Å². The van der Waals surface area contributed by atoms with E-state index >= 15 is 0 Å². The van der Waals surface area contributed by atoms with Gasteiger partial charge in [-0.05, 0) is 6.08 Å². The van der Waals surface area contributed by atoms with E-state index in [9.17, 15) is 9.59 Å². The van der Waals surface area contributed by atoms with E-state index in [4.69, 9.17) is 5.11 Å². The van der Waals surface area contributed by atoms with Crippen molar-refractivity contribution in [3.8, 4) is 0 Å². The topological polar surface area (TPSA) is 63.6 Å². The van der Waals surface area contributed by atoms with E-state index < -0.39 is 18.0 Å². The van der Waals surface area contributed by atoms with Crippen molar-refractivity contribution in [2.75, 3.05) is 0 Å². The molecule has 9 heavy (non-hydrogen) atoms. The van der Waals surface area contributed by atoms with Crippen molar-refractivity contribution in [3.63, 3.8) is 0 Å². The quantitative estimate of drug-likeness (QED) is 0.486. The van der Waals surface area contributed by atoms with Gasteiger partial charge in [0.25, 0.3) is 0 Å². The monoisotopic (exact) mass is 128 g/mol. The number of ether oxygens (including phenoxy) is 1. The lowest BCUT2D eigenvalue weighted by Gasteiger charge is -1.98. The van der Waals surface area contributed by atoms with E-state index in [1.54, 1.807) is 0 Å². The van der Waals surface area contributed by atoms with Gasteiger partial charge in [-0.15, -0.1) is 0 Å². The lowest BCUT2D eigenvalue weighted by Crippen LogP contribution is -2.18. The molecule has 1 atom stereocenters. The molecule has 1 aliphatic rings. The zero-order valence-electron chi connectivity index (χ0n) is 4.40. The molecule has 0 aromatic carbocycles. The SMILES string of the molecule is O=C1C=C[C@@H](C(=O)O)O1. The van der Waals surface area contributed by atoms with Crippen molar-refractivity contribution < 1.29 is 19.4 Å². The molecule has 4 nitrogen and oxygen atoms in total. The molecular formula is C5H4O4. The average Bonchev–Trinajstić information content (AvgIpc) is 2.14. The molecule has 0 fully saturated rings. The number of cyclic esters (lactones) is 1. The molecule has 1 rings (SSSR count). The third-order valence-electron chi connectivity index (χ3n) is 0.894. The Labute approximate surface area is 50.7 Å².